The molecule has 19 heavy (non-hydrogen) atoms. The first kappa shape index (κ1) is 13.1. The van der Waals surface area contributed by atoms with Crippen LogP contribution in [0.25, 0.3) is 0 Å². The third-order valence-corrected chi connectivity index (χ3v) is 5.57. The number of hydrogen-bond acceptors (Lipinski definition) is 3. The van der Waals surface area contributed by atoms with E-state index >= 15 is 0 Å². The zero-order valence-corrected chi connectivity index (χ0v) is 12.2. The van der Waals surface area contributed by atoms with E-state index in [1.54, 1.807) is 11.3 Å². The van der Waals surface area contributed by atoms with Crippen molar-refractivity contribution in [3.63, 3.8) is 0 Å². The fourth-order valence-electron chi connectivity index (χ4n) is 3.21. The standard InChI is InChI=1S/C15H21NO2S/c1-10(17)11-6-7-16(8-11)15(18)13-9-19-14-5-3-2-4-12(13)14/h9-11,17H,2-8H2,1H3. The van der Waals surface area contributed by atoms with E-state index in [-0.39, 0.29) is 17.9 Å². The summed E-state index contributed by atoms with van der Waals surface area (Å²) in [5, 5.41) is 11.7. The van der Waals surface area contributed by atoms with Crippen LogP contribution in [0, 0.1) is 5.92 Å². The number of carbonyl (C=O) groups is 1. The van der Waals surface area contributed by atoms with E-state index in [4.69, 9.17) is 0 Å². The predicted molar refractivity (Wildman–Crippen MR) is 76.7 cm³/mol. The highest BCUT2D eigenvalue weighted by molar-refractivity contribution is 7.10. The van der Waals surface area contributed by atoms with Crippen LogP contribution in [0.3, 0.4) is 0 Å². The van der Waals surface area contributed by atoms with Gasteiger partial charge < -0.3 is 10.0 Å². The Kier molecular flexibility index (Phi) is 3.63. The van der Waals surface area contributed by atoms with Gasteiger partial charge in [0.05, 0.1) is 11.7 Å². The average molecular weight is 279 g/mol. The molecule has 3 nitrogen and oxygen atoms in total. The number of rotatable bonds is 2. The molecule has 1 aliphatic heterocycles. The van der Waals surface area contributed by atoms with E-state index in [1.165, 1.54) is 23.3 Å². The predicted octanol–water partition coefficient (Wildman–Crippen LogP) is 2.47. The molecule has 2 atom stereocenters. The highest BCUT2D eigenvalue weighted by Crippen LogP contribution is 2.32. The number of carbonyl (C=O) groups excluding carboxylic acids is 1. The molecule has 2 heterocycles. The Bertz CT molecular complexity index is 480. The number of aliphatic hydroxyl groups excluding tert-OH is 1. The lowest BCUT2D eigenvalue weighted by Crippen LogP contribution is -2.30. The maximum Gasteiger partial charge on any atom is 0.254 e. The Hall–Kier alpha value is -0.870. The number of amides is 1. The van der Waals surface area contributed by atoms with Crippen LogP contribution in [0.1, 0.15) is 47.0 Å². The number of aryl methyl sites for hydroxylation is 1. The Morgan fingerprint density at radius 1 is 1.47 bits per heavy atom. The molecule has 2 unspecified atom stereocenters. The minimum absolute atomic E-state index is 0.183. The summed E-state index contributed by atoms with van der Waals surface area (Å²) in [5.41, 5.74) is 2.24. The van der Waals surface area contributed by atoms with Gasteiger partial charge in [-0.3, -0.25) is 4.79 Å². The highest BCUT2D eigenvalue weighted by Gasteiger charge is 2.31. The number of fused-ring (bicyclic) bond motifs is 1. The van der Waals surface area contributed by atoms with Crippen molar-refractivity contribution in [2.75, 3.05) is 13.1 Å². The smallest absolute Gasteiger partial charge is 0.254 e. The largest absolute Gasteiger partial charge is 0.393 e. The summed E-state index contributed by atoms with van der Waals surface area (Å²) in [6.07, 6.45) is 5.29. The van der Waals surface area contributed by atoms with Gasteiger partial charge in [0, 0.05) is 29.3 Å². The minimum Gasteiger partial charge on any atom is -0.393 e. The second-order valence-electron chi connectivity index (χ2n) is 5.80. The molecule has 1 amide bonds. The zero-order chi connectivity index (χ0) is 13.4. The van der Waals surface area contributed by atoms with Crippen LogP contribution in [0.15, 0.2) is 5.38 Å². The Labute approximate surface area is 118 Å². The van der Waals surface area contributed by atoms with Gasteiger partial charge >= 0.3 is 0 Å². The van der Waals surface area contributed by atoms with Gasteiger partial charge in [-0.25, -0.2) is 0 Å². The van der Waals surface area contributed by atoms with Crippen LogP contribution in [-0.2, 0) is 12.8 Å². The van der Waals surface area contributed by atoms with E-state index in [0.29, 0.717) is 6.54 Å². The van der Waals surface area contributed by atoms with Crippen molar-refractivity contribution in [1.29, 1.82) is 0 Å². The molecule has 0 aromatic carbocycles. The lowest BCUT2D eigenvalue weighted by Gasteiger charge is -2.19. The fourth-order valence-corrected chi connectivity index (χ4v) is 4.33. The molecule has 1 N–H and O–H groups in total. The maximum atomic E-state index is 12.6. The molecular weight excluding hydrogens is 258 g/mol. The van der Waals surface area contributed by atoms with Crippen LogP contribution in [-0.4, -0.2) is 35.1 Å². The van der Waals surface area contributed by atoms with Crippen molar-refractivity contribution in [2.24, 2.45) is 5.92 Å². The van der Waals surface area contributed by atoms with Crippen molar-refractivity contribution in [3.05, 3.63) is 21.4 Å². The molecule has 3 rings (SSSR count). The van der Waals surface area contributed by atoms with E-state index in [1.807, 2.05) is 17.2 Å². The topological polar surface area (TPSA) is 40.5 Å². The zero-order valence-electron chi connectivity index (χ0n) is 11.4. The number of nitrogens with zero attached hydrogens (tertiary/aromatic N) is 1. The first-order valence-corrected chi connectivity index (χ1v) is 8.11. The van der Waals surface area contributed by atoms with Gasteiger partial charge in [-0.2, -0.15) is 0 Å². The van der Waals surface area contributed by atoms with Crippen molar-refractivity contribution in [1.82, 2.24) is 4.90 Å². The average Bonchev–Trinajstić information content (AvgIpc) is 3.05. The lowest BCUT2D eigenvalue weighted by atomic mass is 9.95. The van der Waals surface area contributed by atoms with Crippen LogP contribution < -0.4 is 0 Å². The first-order chi connectivity index (χ1) is 9.16. The number of hydrogen-bond donors (Lipinski definition) is 1. The molecule has 0 radical (unpaired) electrons. The Balaban J connectivity index is 1.76. The maximum absolute atomic E-state index is 12.6. The number of thiophene rings is 1. The van der Waals surface area contributed by atoms with E-state index < -0.39 is 0 Å². The van der Waals surface area contributed by atoms with Crippen LogP contribution in [0.2, 0.25) is 0 Å². The fraction of sp³-hybridized carbons (Fsp3) is 0.667. The van der Waals surface area contributed by atoms with Gasteiger partial charge in [0.25, 0.3) is 5.91 Å². The second kappa shape index (κ2) is 5.25. The summed E-state index contributed by atoms with van der Waals surface area (Å²) in [6, 6.07) is 0. The molecule has 1 aromatic rings. The normalized spacial score (nSPS) is 24.3. The van der Waals surface area contributed by atoms with Gasteiger partial charge in [0.2, 0.25) is 0 Å². The minimum atomic E-state index is -0.311. The summed E-state index contributed by atoms with van der Waals surface area (Å²) in [4.78, 5) is 15.9. The summed E-state index contributed by atoms with van der Waals surface area (Å²) < 4.78 is 0. The van der Waals surface area contributed by atoms with Crippen molar-refractivity contribution in [3.8, 4) is 0 Å². The molecule has 0 saturated carbocycles. The van der Waals surface area contributed by atoms with Gasteiger partial charge in [-0.05, 0) is 44.6 Å². The molecule has 0 bridgehead atoms. The third kappa shape index (κ3) is 2.43. The summed E-state index contributed by atoms with van der Waals surface area (Å²) in [7, 11) is 0. The molecule has 1 saturated heterocycles. The monoisotopic (exact) mass is 279 g/mol. The van der Waals surface area contributed by atoms with Gasteiger partial charge in [-0.1, -0.05) is 0 Å². The quantitative estimate of drug-likeness (QED) is 0.903. The van der Waals surface area contributed by atoms with Crippen molar-refractivity contribution in [2.45, 2.75) is 45.1 Å². The lowest BCUT2D eigenvalue weighted by molar-refractivity contribution is 0.0761. The van der Waals surface area contributed by atoms with E-state index in [2.05, 4.69) is 0 Å². The summed E-state index contributed by atoms with van der Waals surface area (Å²) in [6.45, 7) is 3.32. The molecule has 2 aliphatic rings. The van der Waals surface area contributed by atoms with Crippen LogP contribution >= 0.6 is 11.3 Å². The molecule has 1 fully saturated rings. The Morgan fingerprint density at radius 3 is 3.00 bits per heavy atom. The SMILES string of the molecule is CC(O)C1CCN(C(=O)c2csc3c2CCCC3)C1. The van der Waals surface area contributed by atoms with E-state index in [9.17, 15) is 9.90 Å². The molecule has 1 aromatic heterocycles. The van der Waals surface area contributed by atoms with Gasteiger partial charge in [0.1, 0.15) is 0 Å². The molecule has 4 heteroatoms. The van der Waals surface area contributed by atoms with Crippen LogP contribution in [0.4, 0.5) is 0 Å². The molecule has 0 spiro atoms. The van der Waals surface area contributed by atoms with Gasteiger partial charge in [-0.15, -0.1) is 11.3 Å². The summed E-state index contributed by atoms with van der Waals surface area (Å²) >= 11 is 1.75. The van der Waals surface area contributed by atoms with Crippen LogP contribution in [0.5, 0.6) is 0 Å². The Morgan fingerprint density at radius 2 is 2.26 bits per heavy atom. The summed E-state index contributed by atoms with van der Waals surface area (Å²) in [5.74, 6) is 0.431. The number of likely N-dealkylation sites (tertiary alicyclic amines) is 1. The first-order valence-electron chi connectivity index (χ1n) is 7.23. The highest BCUT2D eigenvalue weighted by atomic mass is 32.1. The van der Waals surface area contributed by atoms with E-state index in [0.717, 1.165) is 31.4 Å². The van der Waals surface area contributed by atoms with Crippen molar-refractivity contribution < 1.29 is 9.90 Å². The second-order valence-corrected chi connectivity index (χ2v) is 6.76. The number of aliphatic hydroxyl groups is 1. The van der Waals surface area contributed by atoms with Crippen molar-refractivity contribution >= 4 is 17.2 Å². The molecule has 104 valence electrons. The van der Waals surface area contributed by atoms with Gasteiger partial charge in [0.15, 0.2) is 0 Å². The molecular formula is C15H21NO2S. The molecule has 1 aliphatic carbocycles. The third-order valence-electron chi connectivity index (χ3n) is 4.49.